The van der Waals surface area contributed by atoms with Gasteiger partial charge in [-0.2, -0.15) is 0 Å². The fraction of sp³-hybridized carbons (Fsp3) is 0.429. The lowest BCUT2D eigenvalue weighted by Gasteiger charge is -2.22. The number of carboxylic acids is 1. The van der Waals surface area contributed by atoms with Crippen molar-refractivity contribution in [1.82, 2.24) is 5.32 Å². The molecule has 1 aromatic rings. The molecular weight excluding hydrogens is 262 g/mol. The van der Waals surface area contributed by atoms with Crippen LogP contribution in [0.1, 0.15) is 33.7 Å². The summed E-state index contributed by atoms with van der Waals surface area (Å²) in [5.41, 5.74) is -0.587. The van der Waals surface area contributed by atoms with Crippen molar-refractivity contribution in [3.63, 3.8) is 0 Å². The summed E-state index contributed by atoms with van der Waals surface area (Å²) >= 11 is 0. The minimum Gasteiger partial charge on any atom is -0.497 e. The third-order valence-corrected chi connectivity index (χ3v) is 2.33. The van der Waals surface area contributed by atoms with E-state index in [2.05, 4.69) is 5.32 Å². The van der Waals surface area contributed by atoms with Crippen molar-refractivity contribution in [3.8, 4) is 5.75 Å². The molecule has 2 N–H and O–H groups in total. The highest BCUT2D eigenvalue weighted by atomic mass is 16.6. The molecule has 1 atom stereocenters. The van der Waals surface area contributed by atoms with E-state index in [0.29, 0.717) is 11.3 Å². The smallest absolute Gasteiger partial charge is 0.408 e. The molecule has 0 aromatic heterocycles. The van der Waals surface area contributed by atoms with Crippen LogP contribution >= 0.6 is 0 Å². The summed E-state index contributed by atoms with van der Waals surface area (Å²) in [6, 6.07) is 5.07. The second kappa shape index (κ2) is 6.27. The standard InChI is InChI=1S/C14H19NO5/c1-14(2,3)20-13(18)15-11(12(16)17)9-5-7-10(19-4)8-6-9/h5-8,11H,1-4H3,(H,15,18)(H,16,17)/i1D. The Morgan fingerprint density at radius 3 is 2.40 bits per heavy atom. The number of hydrogen-bond acceptors (Lipinski definition) is 4. The number of aliphatic carboxylic acids is 1. The highest BCUT2D eigenvalue weighted by molar-refractivity contribution is 5.81. The van der Waals surface area contributed by atoms with Crippen molar-refractivity contribution in [1.29, 1.82) is 0 Å². The lowest BCUT2D eigenvalue weighted by atomic mass is 10.1. The predicted molar refractivity (Wildman–Crippen MR) is 72.7 cm³/mol. The molecule has 1 unspecified atom stereocenters. The Bertz CT molecular complexity index is 501. The Morgan fingerprint density at radius 1 is 1.35 bits per heavy atom. The first-order valence-corrected chi connectivity index (χ1v) is 5.94. The van der Waals surface area contributed by atoms with Crippen molar-refractivity contribution in [3.05, 3.63) is 29.8 Å². The molecule has 1 amide bonds. The number of nitrogens with one attached hydrogen (secondary N) is 1. The normalized spacial score (nSPS) is 13.1. The van der Waals surface area contributed by atoms with Gasteiger partial charge in [0.25, 0.3) is 0 Å². The summed E-state index contributed by atoms with van der Waals surface area (Å²) in [7, 11) is 1.50. The Labute approximate surface area is 119 Å². The quantitative estimate of drug-likeness (QED) is 0.885. The highest BCUT2D eigenvalue weighted by Crippen LogP contribution is 2.18. The highest BCUT2D eigenvalue weighted by Gasteiger charge is 2.25. The van der Waals surface area contributed by atoms with Gasteiger partial charge in [0.1, 0.15) is 11.4 Å². The van der Waals surface area contributed by atoms with Gasteiger partial charge in [0.15, 0.2) is 6.04 Å². The van der Waals surface area contributed by atoms with Crippen molar-refractivity contribution in [2.75, 3.05) is 7.11 Å². The van der Waals surface area contributed by atoms with Gasteiger partial charge in [-0.05, 0) is 38.4 Å². The first kappa shape index (κ1) is 14.2. The Kier molecular flexibility index (Phi) is 4.45. The molecule has 6 heteroatoms. The Balaban J connectivity index is 2.82. The molecule has 1 rings (SSSR count). The maximum absolute atomic E-state index is 11.7. The molecule has 20 heavy (non-hydrogen) atoms. The summed E-state index contributed by atoms with van der Waals surface area (Å²) in [4.78, 5) is 23.0. The summed E-state index contributed by atoms with van der Waals surface area (Å²) < 4.78 is 17.2. The summed E-state index contributed by atoms with van der Waals surface area (Å²) in [6.07, 6.45) is -0.879. The van der Waals surface area contributed by atoms with Crippen LogP contribution in [0, 0.1) is 0 Å². The van der Waals surface area contributed by atoms with E-state index in [0.717, 1.165) is 0 Å². The van der Waals surface area contributed by atoms with E-state index in [4.69, 9.17) is 10.8 Å². The molecule has 0 heterocycles. The first-order valence-electron chi connectivity index (χ1n) is 6.65. The molecule has 0 radical (unpaired) electrons. The molecule has 0 aliphatic heterocycles. The number of carbonyl (C=O) groups excluding carboxylic acids is 1. The zero-order valence-corrected chi connectivity index (χ0v) is 11.7. The van der Waals surface area contributed by atoms with Gasteiger partial charge in [-0.15, -0.1) is 0 Å². The fourth-order valence-electron chi connectivity index (χ4n) is 1.48. The molecule has 0 saturated carbocycles. The molecule has 1 aromatic carbocycles. The fourth-order valence-corrected chi connectivity index (χ4v) is 1.48. The molecule has 0 saturated heterocycles. The number of amides is 1. The number of methoxy groups -OCH3 is 1. The minimum atomic E-state index is -1.23. The van der Waals surface area contributed by atoms with Gasteiger partial charge in [0.2, 0.25) is 0 Å². The molecule has 110 valence electrons. The van der Waals surface area contributed by atoms with Crippen molar-refractivity contribution in [2.24, 2.45) is 0 Å². The number of rotatable bonds is 4. The Morgan fingerprint density at radius 2 is 1.95 bits per heavy atom. The lowest BCUT2D eigenvalue weighted by Crippen LogP contribution is -2.38. The number of carboxylic acid groups (broad SMARTS) is 1. The van der Waals surface area contributed by atoms with Crippen molar-refractivity contribution in [2.45, 2.75) is 32.4 Å². The largest absolute Gasteiger partial charge is 0.497 e. The average Bonchev–Trinajstić information content (AvgIpc) is 2.44. The third kappa shape index (κ3) is 4.79. The van der Waals surface area contributed by atoms with E-state index in [1.54, 1.807) is 38.1 Å². The molecule has 0 aliphatic carbocycles. The maximum Gasteiger partial charge on any atom is 0.408 e. The first-order chi connectivity index (χ1) is 9.79. The van der Waals surface area contributed by atoms with Crippen LogP contribution in [0.15, 0.2) is 24.3 Å². The molecule has 0 spiro atoms. The van der Waals surface area contributed by atoms with Crippen LogP contribution in [-0.4, -0.2) is 29.9 Å². The van der Waals surface area contributed by atoms with Crippen LogP contribution < -0.4 is 10.1 Å². The topological polar surface area (TPSA) is 84.9 Å². The summed E-state index contributed by atoms with van der Waals surface area (Å²) in [5, 5.41) is 11.5. The second-order valence-corrected chi connectivity index (χ2v) is 4.84. The van der Waals surface area contributed by atoms with E-state index in [9.17, 15) is 14.7 Å². The van der Waals surface area contributed by atoms with E-state index in [-0.39, 0.29) is 6.90 Å². The summed E-state index contributed by atoms with van der Waals surface area (Å²) in [6.45, 7) is 3.02. The number of hydrogen-bond donors (Lipinski definition) is 2. The molecule has 0 fully saturated rings. The lowest BCUT2D eigenvalue weighted by molar-refractivity contribution is -0.139. The van der Waals surface area contributed by atoms with Gasteiger partial charge < -0.3 is 19.9 Å². The van der Waals surface area contributed by atoms with Gasteiger partial charge in [-0.1, -0.05) is 12.1 Å². The van der Waals surface area contributed by atoms with Crippen LogP contribution in [0.4, 0.5) is 4.79 Å². The molecular formula is C14H19NO5. The van der Waals surface area contributed by atoms with E-state index < -0.39 is 23.7 Å². The van der Waals surface area contributed by atoms with Gasteiger partial charge in [-0.25, -0.2) is 9.59 Å². The van der Waals surface area contributed by atoms with Gasteiger partial charge in [0.05, 0.1) is 7.11 Å². The second-order valence-electron chi connectivity index (χ2n) is 4.84. The van der Waals surface area contributed by atoms with Crippen molar-refractivity contribution < 1.29 is 25.5 Å². The molecule has 0 aliphatic rings. The SMILES string of the molecule is [2H]CC(C)(C)OC(=O)NC(C(=O)O)c1ccc(OC)cc1. The van der Waals surface area contributed by atoms with E-state index in [1.807, 2.05) is 0 Å². The van der Waals surface area contributed by atoms with Crippen LogP contribution in [-0.2, 0) is 9.53 Å². The van der Waals surface area contributed by atoms with Crippen LogP contribution in [0.2, 0.25) is 0 Å². The van der Waals surface area contributed by atoms with Gasteiger partial charge in [0, 0.05) is 1.37 Å². The van der Waals surface area contributed by atoms with E-state index >= 15 is 0 Å². The minimum absolute atomic E-state index is 0.124. The summed E-state index contributed by atoms with van der Waals surface area (Å²) in [5.74, 6) is -0.624. The zero-order chi connectivity index (χ0) is 16.0. The third-order valence-electron chi connectivity index (χ3n) is 2.33. The van der Waals surface area contributed by atoms with Crippen LogP contribution in [0.25, 0.3) is 0 Å². The zero-order valence-electron chi connectivity index (χ0n) is 12.7. The van der Waals surface area contributed by atoms with Crippen LogP contribution in [0.3, 0.4) is 0 Å². The maximum atomic E-state index is 11.7. The van der Waals surface area contributed by atoms with Crippen LogP contribution in [0.5, 0.6) is 5.75 Å². The monoisotopic (exact) mass is 282 g/mol. The number of ether oxygens (including phenoxy) is 2. The molecule has 6 nitrogen and oxygen atoms in total. The van der Waals surface area contributed by atoms with Gasteiger partial charge in [-0.3, -0.25) is 0 Å². The van der Waals surface area contributed by atoms with E-state index in [1.165, 1.54) is 7.11 Å². The van der Waals surface area contributed by atoms with Gasteiger partial charge >= 0.3 is 12.1 Å². The molecule has 0 bridgehead atoms. The average molecular weight is 282 g/mol. The predicted octanol–water partition coefficient (Wildman–Crippen LogP) is 2.35. The number of carbonyl (C=O) groups is 2. The van der Waals surface area contributed by atoms with Crippen molar-refractivity contribution >= 4 is 12.1 Å². The number of alkyl carbamates (subject to hydrolysis) is 1. The Hall–Kier alpha value is -2.24. The number of benzene rings is 1.